The van der Waals surface area contributed by atoms with Gasteiger partial charge in [-0.2, -0.15) is 5.10 Å². The van der Waals surface area contributed by atoms with Crippen LogP contribution in [0.25, 0.3) is 0 Å². The van der Waals surface area contributed by atoms with Gasteiger partial charge < -0.3 is 4.90 Å². The van der Waals surface area contributed by atoms with Gasteiger partial charge in [0.1, 0.15) is 5.69 Å². The summed E-state index contributed by atoms with van der Waals surface area (Å²) in [5.74, 6) is 0.702. The Hall–Kier alpha value is -2.88. The molecule has 0 bridgehead atoms. The van der Waals surface area contributed by atoms with Gasteiger partial charge in [-0.3, -0.25) is 9.89 Å². The third-order valence-corrected chi connectivity index (χ3v) is 5.36. The van der Waals surface area contributed by atoms with Crippen LogP contribution in [0.5, 0.6) is 0 Å². The van der Waals surface area contributed by atoms with Gasteiger partial charge in [-0.1, -0.05) is 60.7 Å². The first-order valence-electron chi connectivity index (χ1n) is 9.69. The lowest BCUT2D eigenvalue weighted by molar-refractivity contribution is 0.0684. The molecule has 1 saturated heterocycles. The van der Waals surface area contributed by atoms with Crippen molar-refractivity contribution in [1.29, 1.82) is 0 Å². The van der Waals surface area contributed by atoms with Crippen LogP contribution in [-0.4, -0.2) is 34.1 Å². The van der Waals surface area contributed by atoms with Crippen molar-refractivity contribution in [2.24, 2.45) is 5.92 Å². The molecule has 2 aromatic carbocycles. The normalized spacial score (nSPS) is 15.0. The minimum absolute atomic E-state index is 0.0451. The van der Waals surface area contributed by atoms with Crippen molar-refractivity contribution in [2.75, 3.05) is 13.1 Å². The summed E-state index contributed by atoms with van der Waals surface area (Å²) in [5, 5.41) is 7.28. The van der Waals surface area contributed by atoms with Gasteiger partial charge in [0.25, 0.3) is 5.91 Å². The zero-order valence-corrected chi connectivity index (χ0v) is 15.5. The standard InChI is InChI=1S/C23H25N3O/c27-23(22-17-21(24-25-22)16-19-9-5-2-6-10-19)26-13-11-20(12-14-26)15-18-7-3-1-4-8-18/h1-10,17,20H,11-16H2,(H,24,25). The van der Waals surface area contributed by atoms with Crippen LogP contribution in [0.15, 0.2) is 66.7 Å². The second-order valence-electron chi connectivity index (χ2n) is 7.37. The fourth-order valence-electron chi connectivity index (χ4n) is 3.83. The average Bonchev–Trinajstić information content (AvgIpc) is 3.18. The molecule has 4 heteroatoms. The molecule has 0 spiro atoms. The number of aromatic amines is 1. The van der Waals surface area contributed by atoms with E-state index in [9.17, 15) is 4.79 Å². The Morgan fingerprint density at radius 1 is 0.963 bits per heavy atom. The number of aromatic nitrogens is 2. The molecular formula is C23H25N3O. The van der Waals surface area contributed by atoms with Gasteiger partial charge in [0.15, 0.2) is 0 Å². The summed E-state index contributed by atoms with van der Waals surface area (Å²) < 4.78 is 0. The second-order valence-corrected chi connectivity index (χ2v) is 7.37. The van der Waals surface area contributed by atoms with E-state index in [1.54, 1.807) is 0 Å². The van der Waals surface area contributed by atoms with Crippen LogP contribution >= 0.6 is 0 Å². The first-order chi connectivity index (χ1) is 13.3. The number of rotatable bonds is 5. The van der Waals surface area contributed by atoms with Gasteiger partial charge in [0.05, 0.1) is 0 Å². The van der Waals surface area contributed by atoms with Crippen molar-refractivity contribution in [2.45, 2.75) is 25.7 Å². The third-order valence-electron chi connectivity index (χ3n) is 5.36. The third kappa shape index (κ3) is 4.45. The molecule has 0 atom stereocenters. The van der Waals surface area contributed by atoms with Crippen LogP contribution < -0.4 is 0 Å². The highest BCUT2D eigenvalue weighted by atomic mass is 16.2. The SMILES string of the molecule is O=C(c1cc(Cc2ccccc2)[nH]n1)N1CCC(Cc2ccccc2)CC1. The molecule has 0 saturated carbocycles. The van der Waals surface area contributed by atoms with E-state index < -0.39 is 0 Å². The molecule has 138 valence electrons. The lowest BCUT2D eigenvalue weighted by Crippen LogP contribution is -2.39. The molecule has 0 unspecified atom stereocenters. The number of nitrogens with zero attached hydrogens (tertiary/aromatic N) is 2. The van der Waals surface area contributed by atoms with E-state index in [0.29, 0.717) is 11.6 Å². The monoisotopic (exact) mass is 359 g/mol. The molecule has 1 aliphatic rings. The highest BCUT2D eigenvalue weighted by Crippen LogP contribution is 2.23. The number of hydrogen-bond donors (Lipinski definition) is 1. The molecule has 4 rings (SSSR count). The van der Waals surface area contributed by atoms with Gasteiger partial charge in [-0.15, -0.1) is 0 Å². The maximum absolute atomic E-state index is 12.8. The van der Waals surface area contributed by atoms with Crippen molar-refractivity contribution >= 4 is 5.91 Å². The molecule has 0 radical (unpaired) electrons. The highest BCUT2D eigenvalue weighted by Gasteiger charge is 2.25. The minimum Gasteiger partial charge on any atom is -0.337 e. The van der Waals surface area contributed by atoms with Gasteiger partial charge >= 0.3 is 0 Å². The van der Waals surface area contributed by atoms with E-state index in [4.69, 9.17) is 0 Å². The smallest absolute Gasteiger partial charge is 0.274 e. The predicted octanol–water partition coefficient (Wildman–Crippen LogP) is 4.10. The number of likely N-dealkylation sites (tertiary alicyclic amines) is 1. The largest absolute Gasteiger partial charge is 0.337 e. The Balaban J connectivity index is 1.32. The number of nitrogens with one attached hydrogen (secondary N) is 1. The first-order valence-corrected chi connectivity index (χ1v) is 9.69. The Bertz CT molecular complexity index is 865. The quantitative estimate of drug-likeness (QED) is 0.746. The molecule has 1 aromatic heterocycles. The zero-order chi connectivity index (χ0) is 18.5. The van der Waals surface area contributed by atoms with E-state index in [1.807, 2.05) is 29.2 Å². The Kier molecular flexibility index (Phi) is 5.33. The molecular weight excluding hydrogens is 334 g/mol. The minimum atomic E-state index is 0.0451. The topological polar surface area (TPSA) is 49.0 Å². The number of piperidine rings is 1. The van der Waals surface area contributed by atoms with E-state index in [-0.39, 0.29) is 5.91 Å². The van der Waals surface area contributed by atoms with Crippen LogP contribution in [0, 0.1) is 5.92 Å². The highest BCUT2D eigenvalue weighted by molar-refractivity contribution is 5.92. The van der Waals surface area contributed by atoms with Gasteiger partial charge in [-0.25, -0.2) is 0 Å². The van der Waals surface area contributed by atoms with Crippen LogP contribution in [0.1, 0.15) is 40.2 Å². The lowest BCUT2D eigenvalue weighted by Gasteiger charge is -2.31. The van der Waals surface area contributed by atoms with E-state index in [0.717, 1.165) is 44.5 Å². The van der Waals surface area contributed by atoms with Gasteiger partial charge in [-0.05, 0) is 42.4 Å². The number of benzene rings is 2. The van der Waals surface area contributed by atoms with Crippen molar-refractivity contribution in [3.63, 3.8) is 0 Å². The van der Waals surface area contributed by atoms with Gasteiger partial charge in [0.2, 0.25) is 0 Å². The van der Waals surface area contributed by atoms with Gasteiger partial charge in [0, 0.05) is 25.2 Å². The Morgan fingerprint density at radius 2 is 1.59 bits per heavy atom. The Morgan fingerprint density at radius 3 is 2.26 bits per heavy atom. The maximum atomic E-state index is 12.8. The summed E-state index contributed by atoms with van der Waals surface area (Å²) in [6.07, 6.45) is 3.98. The van der Waals surface area contributed by atoms with E-state index in [1.165, 1.54) is 11.1 Å². The number of carbonyl (C=O) groups excluding carboxylic acids is 1. The fourth-order valence-corrected chi connectivity index (χ4v) is 3.83. The molecule has 1 amide bonds. The lowest BCUT2D eigenvalue weighted by atomic mass is 9.90. The number of carbonyl (C=O) groups is 1. The molecule has 1 N–H and O–H groups in total. The summed E-state index contributed by atoms with van der Waals surface area (Å²) in [6, 6.07) is 22.7. The second kappa shape index (κ2) is 8.21. The molecule has 4 nitrogen and oxygen atoms in total. The summed E-state index contributed by atoms with van der Waals surface area (Å²) in [5.41, 5.74) is 4.10. The number of H-pyrrole nitrogens is 1. The number of amides is 1. The number of hydrogen-bond acceptors (Lipinski definition) is 2. The maximum Gasteiger partial charge on any atom is 0.274 e. The summed E-state index contributed by atoms with van der Waals surface area (Å²) in [7, 11) is 0. The fraction of sp³-hybridized carbons (Fsp3) is 0.304. The van der Waals surface area contributed by atoms with Crippen molar-refractivity contribution in [3.05, 3.63) is 89.2 Å². The zero-order valence-electron chi connectivity index (χ0n) is 15.5. The molecule has 2 heterocycles. The van der Waals surface area contributed by atoms with E-state index in [2.05, 4.69) is 52.7 Å². The average molecular weight is 359 g/mol. The Labute approximate surface area is 160 Å². The van der Waals surface area contributed by atoms with Crippen LogP contribution in [0.3, 0.4) is 0 Å². The summed E-state index contributed by atoms with van der Waals surface area (Å²) in [6.45, 7) is 1.63. The predicted molar refractivity (Wildman–Crippen MR) is 107 cm³/mol. The van der Waals surface area contributed by atoms with Crippen molar-refractivity contribution in [3.8, 4) is 0 Å². The van der Waals surface area contributed by atoms with Crippen LogP contribution in [0.4, 0.5) is 0 Å². The van der Waals surface area contributed by atoms with Crippen LogP contribution in [0.2, 0.25) is 0 Å². The summed E-state index contributed by atoms with van der Waals surface area (Å²) >= 11 is 0. The first kappa shape index (κ1) is 17.5. The molecule has 1 aliphatic heterocycles. The molecule has 27 heavy (non-hydrogen) atoms. The van der Waals surface area contributed by atoms with Crippen molar-refractivity contribution in [1.82, 2.24) is 15.1 Å². The summed E-state index contributed by atoms with van der Waals surface area (Å²) in [4.78, 5) is 14.7. The molecule has 0 aliphatic carbocycles. The van der Waals surface area contributed by atoms with E-state index >= 15 is 0 Å². The molecule has 1 fully saturated rings. The van der Waals surface area contributed by atoms with Crippen molar-refractivity contribution < 1.29 is 4.79 Å². The molecule has 3 aromatic rings. The van der Waals surface area contributed by atoms with Crippen LogP contribution in [-0.2, 0) is 12.8 Å².